The van der Waals surface area contributed by atoms with E-state index in [9.17, 15) is 0 Å². The number of anilines is 1. The summed E-state index contributed by atoms with van der Waals surface area (Å²) in [6.07, 6.45) is 2.41. The molecular formula is C14H21N3. The molecule has 0 saturated carbocycles. The van der Waals surface area contributed by atoms with Gasteiger partial charge in [0.25, 0.3) is 0 Å². The molecule has 0 aliphatic carbocycles. The summed E-state index contributed by atoms with van der Waals surface area (Å²) < 4.78 is 0. The van der Waals surface area contributed by atoms with E-state index in [1.165, 1.54) is 35.1 Å². The molecule has 0 aliphatic rings. The van der Waals surface area contributed by atoms with E-state index in [1.54, 1.807) is 0 Å². The zero-order valence-corrected chi connectivity index (χ0v) is 10.6. The van der Waals surface area contributed by atoms with Gasteiger partial charge in [-0.1, -0.05) is 18.2 Å². The zero-order valence-electron chi connectivity index (χ0n) is 10.6. The van der Waals surface area contributed by atoms with E-state index < -0.39 is 0 Å². The molecule has 2 rings (SSSR count). The molecule has 3 nitrogen and oxygen atoms in total. The third kappa shape index (κ3) is 2.80. The standard InChI is InChI=1S/C14H21N3/c1-11-14(16-10-6-5-9-15-2)12-7-3-4-8-13(12)17-11/h3-4,7-8,15-17H,5-6,9-10H2,1-2H3. The van der Waals surface area contributed by atoms with Crippen LogP contribution in [0, 0.1) is 6.92 Å². The SMILES string of the molecule is CNCCCCNc1c(C)[nH]c2ccccc12. The summed E-state index contributed by atoms with van der Waals surface area (Å²) in [4.78, 5) is 3.40. The van der Waals surface area contributed by atoms with Crippen LogP contribution in [0.25, 0.3) is 10.9 Å². The fourth-order valence-electron chi connectivity index (χ4n) is 2.14. The van der Waals surface area contributed by atoms with Gasteiger partial charge in [-0.3, -0.25) is 0 Å². The minimum atomic E-state index is 1.03. The lowest BCUT2D eigenvalue weighted by atomic mass is 10.2. The van der Waals surface area contributed by atoms with E-state index in [0.717, 1.165) is 13.1 Å². The zero-order chi connectivity index (χ0) is 12.1. The van der Waals surface area contributed by atoms with Crippen LogP contribution < -0.4 is 10.6 Å². The third-order valence-electron chi connectivity index (χ3n) is 3.05. The molecular weight excluding hydrogens is 210 g/mol. The lowest BCUT2D eigenvalue weighted by Crippen LogP contribution is -2.10. The Morgan fingerprint density at radius 3 is 2.71 bits per heavy atom. The van der Waals surface area contributed by atoms with Crippen LogP contribution in [0.3, 0.4) is 0 Å². The van der Waals surface area contributed by atoms with Gasteiger partial charge in [0, 0.05) is 23.1 Å². The summed E-state index contributed by atoms with van der Waals surface area (Å²) >= 11 is 0. The second-order valence-corrected chi connectivity index (χ2v) is 4.41. The predicted molar refractivity (Wildman–Crippen MR) is 74.7 cm³/mol. The van der Waals surface area contributed by atoms with Gasteiger partial charge in [0.2, 0.25) is 0 Å². The lowest BCUT2D eigenvalue weighted by Gasteiger charge is -2.06. The average molecular weight is 231 g/mol. The van der Waals surface area contributed by atoms with Crippen molar-refractivity contribution < 1.29 is 0 Å². The normalized spacial score (nSPS) is 10.9. The Morgan fingerprint density at radius 1 is 1.12 bits per heavy atom. The first-order chi connectivity index (χ1) is 8.33. The van der Waals surface area contributed by atoms with Gasteiger partial charge in [0.15, 0.2) is 0 Å². The average Bonchev–Trinajstić information content (AvgIpc) is 2.65. The number of hydrogen-bond acceptors (Lipinski definition) is 2. The molecule has 3 N–H and O–H groups in total. The maximum atomic E-state index is 3.54. The molecule has 92 valence electrons. The van der Waals surface area contributed by atoms with E-state index in [4.69, 9.17) is 0 Å². The monoisotopic (exact) mass is 231 g/mol. The minimum absolute atomic E-state index is 1.03. The van der Waals surface area contributed by atoms with Crippen LogP contribution in [0.4, 0.5) is 5.69 Å². The number of rotatable bonds is 6. The number of para-hydroxylation sites is 1. The maximum Gasteiger partial charge on any atom is 0.0628 e. The van der Waals surface area contributed by atoms with Gasteiger partial charge >= 0.3 is 0 Å². The fourth-order valence-corrected chi connectivity index (χ4v) is 2.14. The highest BCUT2D eigenvalue weighted by atomic mass is 14.9. The van der Waals surface area contributed by atoms with Crippen LogP contribution in [-0.4, -0.2) is 25.1 Å². The molecule has 0 saturated heterocycles. The van der Waals surface area contributed by atoms with Crippen LogP contribution >= 0.6 is 0 Å². The first-order valence-corrected chi connectivity index (χ1v) is 6.28. The minimum Gasteiger partial charge on any atom is -0.383 e. The number of aryl methyl sites for hydroxylation is 1. The molecule has 0 fully saturated rings. The van der Waals surface area contributed by atoms with Crippen molar-refractivity contribution in [3.8, 4) is 0 Å². The number of fused-ring (bicyclic) bond motifs is 1. The fraction of sp³-hybridized carbons (Fsp3) is 0.429. The number of H-pyrrole nitrogens is 1. The molecule has 0 spiro atoms. The highest BCUT2D eigenvalue weighted by molar-refractivity contribution is 5.94. The summed E-state index contributed by atoms with van der Waals surface area (Å²) in [7, 11) is 2.00. The van der Waals surface area contributed by atoms with Gasteiger partial charge in [-0.2, -0.15) is 0 Å². The predicted octanol–water partition coefficient (Wildman–Crippen LogP) is 2.89. The highest BCUT2D eigenvalue weighted by Gasteiger charge is 2.06. The molecule has 1 heterocycles. The quantitative estimate of drug-likeness (QED) is 0.669. The number of hydrogen-bond donors (Lipinski definition) is 3. The van der Waals surface area contributed by atoms with Crippen molar-refractivity contribution in [2.75, 3.05) is 25.5 Å². The third-order valence-corrected chi connectivity index (χ3v) is 3.05. The molecule has 2 aromatic rings. The second kappa shape index (κ2) is 5.73. The van der Waals surface area contributed by atoms with Crippen LogP contribution in [-0.2, 0) is 0 Å². The molecule has 0 bridgehead atoms. The number of benzene rings is 1. The number of nitrogens with one attached hydrogen (secondary N) is 3. The molecule has 17 heavy (non-hydrogen) atoms. The van der Waals surface area contributed by atoms with Gasteiger partial charge < -0.3 is 15.6 Å². The van der Waals surface area contributed by atoms with Crippen molar-refractivity contribution >= 4 is 16.6 Å². The van der Waals surface area contributed by atoms with Crippen molar-refractivity contribution in [3.63, 3.8) is 0 Å². The smallest absolute Gasteiger partial charge is 0.0628 e. The first-order valence-electron chi connectivity index (χ1n) is 6.28. The summed E-state index contributed by atoms with van der Waals surface area (Å²) in [6, 6.07) is 8.43. The van der Waals surface area contributed by atoms with Gasteiger partial charge in [0.1, 0.15) is 0 Å². The summed E-state index contributed by atoms with van der Waals surface area (Å²) in [5.41, 5.74) is 3.69. The van der Waals surface area contributed by atoms with Crippen LogP contribution in [0.1, 0.15) is 18.5 Å². The van der Waals surface area contributed by atoms with Crippen molar-refractivity contribution in [3.05, 3.63) is 30.0 Å². The summed E-state index contributed by atoms with van der Waals surface area (Å²) in [5.74, 6) is 0. The second-order valence-electron chi connectivity index (χ2n) is 4.41. The topological polar surface area (TPSA) is 39.8 Å². The van der Waals surface area contributed by atoms with Crippen molar-refractivity contribution in [1.82, 2.24) is 10.3 Å². The Kier molecular flexibility index (Phi) is 4.04. The Hall–Kier alpha value is -1.48. The molecule has 1 aromatic carbocycles. The molecule has 0 radical (unpaired) electrons. The van der Waals surface area contributed by atoms with E-state index in [-0.39, 0.29) is 0 Å². The number of unbranched alkanes of at least 4 members (excludes halogenated alkanes) is 1. The number of aromatic amines is 1. The van der Waals surface area contributed by atoms with E-state index in [2.05, 4.69) is 46.8 Å². The van der Waals surface area contributed by atoms with Gasteiger partial charge in [0.05, 0.1) is 5.69 Å². The largest absolute Gasteiger partial charge is 0.383 e. The Morgan fingerprint density at radius 2 is 1.88 bits per heavy atom. The Labute approximate surface area is 103 Å². The molecule has 0 amide bonds. The molecule has 0 unspecified atom stereocenters. The Bertz CT molecular complexity index is 473. The number of aromatic nitrogens is 1. The lowest BCUT2D eigenvalue weighted by molar-refractivity contribution is 0.694. The summed E-state index contributed by atoms with van der Waals surface area (Å²) in [5, 5.41) is 7.99. The highest BCUT2D eigenvalue weighted by Crippen LogP contribution is 2.26. The van der Waals surface area contributed by atoms with Crippen molar-refractivity contribution in [1.29, 1.82) is 0 Å². The van der Waals surface area contributed by atoms with Crippen LogP contribution in [0.15, 0.2) is 24.3 Å². The molecule has 1 aromatic heterocycles. The van der Waals surface area contributed by atoms with Crippen molar-refractivity contribution in [2.45, 2.75) is 19.8 Å². The molecule has 0 atom stereocenters. The Balaban J connectivity index is 2.00. The van der Waals surface area contributed by atoms with E-state index >= 15 is 0 Å². The van der Waals surface area contributed by atoms with E-state index in [1.807, 2.05) is 7.05 Å². The van der Waals surface area contributed by atoms with Gasteiger partial charge in [-0.25, -0.2) is 0 Å². The van der Waals surface area contributed by atoms with E-state index in [0.29, 0.717) is 0 Å². The maximum absolute atomic E-state index is 3.54. The summed E-state index contributed by atoms with van der Waals surface area (Å²) in [6.45, 7) is 4.24. The van der Waals surface area contributed by atoms with Gasteiger partial charge in [-0.15, -0.1) is 0 Å². The first kappa shape index (κ1) is 12.0. The molecule has 3 heteroatoms. The van der Waals surface area contributed by atoms with Crippen LogP contribution in [0.5, 0.6) is 0 Å². The molecule has 0 aliphatic heterocycles. The van der Waals surface area contributed by atoms with Gasteiger partial charge in [-0.05, 0) is 39.4 Å². The van der Waals surface area contributed by atoms with Crippen molar-refractivity contribution in [2.24, 2.45) is 0 Å². The van der Waals surface area contributed by atoms with Crippen LogP contribution in [0.2, 0.25) is 0 Å².